The fourth-order valence-electron chi connectivity index (χ4n) is 1.86. The highest BCUT2D eigenvalue weighted by Crippen LogP contribution is 2.09. The normalized spacial score (nSPS) is 11.4. The molecule has 5 nitrogen and oxygen atoms in total. The molecule has 6 heteroatoms. The Hall–Kier alpha value is -1.75. The molecule has 0 fully saturated rings. The number of hydrogen-bond donors (Lipinski definition) is 3. The van der Waals surface area contributed by atoms with Crippen molar-refractivity contribution in [3.8, 4) is 0 Å². The summed E-state index contributed by atoms with van der Waals surface area (Å²) in [5.41, 5.74) is 1.21. The van der Waals surface area contributed by atoms with Crippen molar-refractivity contribution in [1.29, 1.82) is 0 Å². The second kappa shape index (κ2) is 10.9. The van der Waals surface area contributed by atoms with Crippen LogP contribution in [0.1, 0.15) is 26.3 Å². The van der Waals surface area contributed by atoms with Gasteiger partial charge in [-0.2, -0.15) is 0 Å². The van der Waals surface area contributed by atoms with E-state index < -0.39 is 0 Å². The molecule has 1 aromatic carbocycles. The van der Waals surface area contributed by atoms with Crippen LogP contribution in [0, 0.1) is 5.92 Å². The third-order valence-electron chi connectivity index (χ3n) is 3.17. The van der Waals surface area contributed by atoms with E-state index in [2.05, 4.69) is 20.9 Å². The molecule has 3 N–H and O–H groups in total. The predicted molar refractivity (Wildman–Crippen MR) is 97.0 cm³/mol. The average Bonchev–Trinajstić information content (AvgIpc) is 2.53. The van der Waals surface area contributed by atoms with Crippen molar-refractivity contribution in [2.24, 2.45) is 10.9 Å². The van der Waals surface area contributed by atoms with Crippen LogP contribution in [0.15, 0.2) is 29.3 Å². The van der Waals surface area contributed by atoms with Gasteiger partial charge in [0, 0.05) is 37.1 Å². The van der Waals surface area contributed by atoms with Gasteiger partial charge in [0.1, 0.15) is 0 Å². The van der Waals surface area contributed by atoms with Crippen LogP contribution >= 0.6 is 11.6 Å². The summed E-state index contributed by atoms with van der Waals surface area (Å²) < 4.78 is 0. The highest BCUT2D eigenvalue weighted by molar-refractivity contribution is 6.30. The molecule has 0 spiro atoms. The van der Waals surface area contributed by atoms with Gasteiger partial charge in [-0.25, -0.2) is 0 Å². The Labute approximate surface area is 143 Å². The Kier molecular flexibility index (Phi) is 9.14. The third kappa shape index (κ3) is 8.45. The Bertz CT molecular complexity index is 500. The maximum atomic E-state index is 11.5. The molecule has 0 atom stereocenters. The summed E-state index contributed by atoms with van der Waals surface area (Å²) >= 11 is 5.87. The summed E-state index contributed by atoms with van der Waals surface area (Å²) in [5, 5.41) is 10.0. The zero-order valence-corrected chi connectivity index (χ0v) is 14.9. The number of carbonyl (C=O) groups excluding carboxylic acids is 1. The van der Waals surface area contributed by atoms with Crippen LogP contribution in [-0.2, 0) is 11.2 Å². The Morgan fingerprint density at radius 3 is 2.39 bits per heavy atom. The lowest BCUT2D eigenvalue weighted by Crippen LogP contribution is -2.42. The molecule has 0 aromatic heterocycles. The Morgan fingerprint density at radius 2 is 1.78 bits per heavy atom. The second-order valence-electron chi connectivity index (χ2n) is 5.51. The van der Waals surface area contributed by atoms with Crippen molar-refractivity contribution in [2.45, 2.75) is 27.2 Å². The zero-order chi connectivity index (χ0) is 17.1. The van der Waals surface area contributed by atoms with Gasteiger partial charge >= 0.3 is 0 Å². The second-order valence-corrected chi connectivity index (χ2v) is 5.95. The number of amides is 1. The molecular weight excluding hydrogens is 312 g/mol. The molecule has 0 radical (unpaired) electrons. The number of nitrogens with one attached hydrogen (secondary N) is 3. The van der Waals surface area contributed by atoms with E-state index in [0.717, 1.165) is 23.9 Å². The summed E-state index contributed by atoms with van der Waals surface area (Å²) in [4.78, 5) is 16.0. The van der Waals surface area contributed by atoms with E-state index in [9.17, 15) is 4.79 Å². The molecule has 0 aliphatic carbocycles. The Morgan fingerprint density at radius 1 is 1.13 bits per heavy atom. The van der Waals surface area contributed by atoms with E-state index in [1.165, 1.54) is 5.56 Å². The highest BCUT2D eigenvalue weighted by Gasteiger charge is 2.05. The molecule has 1 amide bonds. The molecule has 0 aliphatic rings. The summed E-state index contributed by atoms with van der Waals surface area (Å²) in [7, 11) is 0. The van der Waals surface area contributed by atoms with Crippen LogP contribution in [0.2, 0.25) is 5.02 Å². The largest absolute Gasteiger partial charge is 0.357 e. The number of aliphatic imine (C=N–C) groups is 1. The standard InChI is InChI=1S/C17H27ClN4O/c1-4-19-17(22-12-11-20-16(23)13(2)3)21-10-9-14-5-7-15(18)8-6-14/h5-8,13H,4,9-12H2,1-3H3,(H,20,23)(H2,19,21,22). The van der Waals surface area contributed by atoms with Gasteiger partial charge in [-0.05, 0) is 31.0 Å². The molecule has 0 saturated carbocycles. The number of nitrogens with zero attached hydrogens (tertiary/aromatic N) is 1. The van der Waals surface area contributed by atoms with E-state index in [-0.39, 0.29) is 11.8 Å². The van der Waals surface area contributed by atoms with Crippen molar-refractivity contribution in [1.82, 2.24) is 16.0 Å². The first kappa shape index (κ1) is 19.3. The SMILES string of the molecule is CCNC(=NCCc1ccc(Cl)cc1)NCCNC(=O)C(C)C. The van der Waals surface area contributed by atoms with E-state index in [4.69, 9.17) is 11.6 Å². The Balaban J connectivity index is 2.35. The molecule has 1 rings (SSSR count). The molecule has 0 saturated heterocycles. The summed E-state index contributed by atoms with van der Waals surface area (Å²) in [6, 6.07) is 7.81. The first-order chi connectivity index (χ1) is 11.0. The predicted octanol–water partition coefficient (Wildman–Crippen LogP) is 2.21. The molecule has 128 valence electrons. The van der Waals surface area contributed by atoms with Crippen LogP contribution in [0.3, 0.4) is 0 Å². The number of hydrogen-bond acceptors (Lipinski definition) is 2. The third-order valence-corrected chi connectivity index (χ3v) is 3.42. The van der Waals surface area contributed by atoms with Gasteiger partial charge in [0.05, 0.1) is 0 Å². The fraction of sp³-hybridized carbons (Fsp3) is 0.529. The van der Waals surface area contributed by atoms with Gasteiger partial charge < -0.3 is 16.0 Å². The first-order valence-electron chi connectivity index (χ1n) is 8.07. The van der Waals surface area contributed by atoms with Crippen molar-refractivity contribution in [2.75, 3.05) is 26.2 Å². The first-order valence-corrected chi connectivity index (χ1v) is 8.45. The van der Waals surface area contributed by atoms with Crippen LogP contribution in [0.5, 0.6) is 0 Å². The number of halogens is 1. The van der Waals surface area contributed by atoms with Gasteiger partial charge in [0.25, 0.3) is 0 Å². The minimum atomic E-state index is 0.0104. The van der Waals surface area contributed by atoms with Gasteiger partial charge in [0.2, 0.25) is 5.91 Å². The lowest BCUT2D eigenvalue weighted by molar-refractivity contribution is -0.123. The summed E-state index contributed by atoms with van der Waals surface area (Å²) in [6.45, 7) is 8.50. The van der Waals surface area contributed by atoms with E-state index in [0.29, 0.717) is 19.6 Å². The molecule has 0 bridgehead atoms. The molecule has 1 aromatic rings. The average molecular weight is 339 g/mol. The number of carbonyl (C=O) groups is 1. The van der Waals surface area contributed by atoms with Gasteiger partial charge in [-0.3, -0.25) is 9.79 Å². The quantitative estimate of drug-likeness (QED) is 0.387. The molecule has 23 heavy (non-hydrogen) atoms. The van der Waals surface area contributed by atoms with Gasteiger partial charge in [-0.15, -0.1) is 0 Å². The van der Waals surface area contributed by atoms with E-state index >= 15 is 0 Å². The minimum Gasteiger partial charge on any atom is -0.357 e. The number of guanidine groups is 1. The highest BCUT2D eigenvalue weighted by atomic mass is 35.5. The molecule has 0 heterocycles. The van der Waals surface area contributed by atoms with E-state index in [1.54, 1.807) is 0 Å². The van der Waals surface area contributed by atoms with Crippen molar-refractivity contribution in [3.05, 3.63) is 34.9 Å². The lowest BCUT2D eigenvalue weighted by atomic mass is 10.1. The van der Waals surface area contributed by atoms with Crippen LogP contribution < -0.4 is 16.0 Å². The van der Waals surface area contributed by atoms with Crippen LogP contribution in [0.25, 0.3) is 0 Å². The minimum absolute atomic E-state index is 0.0104. The maximum Gasteiger partial charge on any atom is 0.222 e. The van der Waals surface area contributed by atoms with Gasteiger partial charge in [-0.1, -0.05) is 37.6 Å². The zero-order valence-electron chi connectivity index (χ0n) is 14.2. The topological polar surface area (TPSA) is 65.5 Å². The summed E-state index contributed by atoms with van der Waals surface area (Å²) in [6.07, 6.45) is 0.859. The van der Waals surface area contributed by atoms with Crippen molar-refractivity contribution >= 4 is 23.5 Å². The van der Waals surface area contributed by atoms with Crippen LogP contribution in [0.4, 0.5) is 0 Å². The number of benzene rings is 1. The molecular formula is C17H27ClN4O. The molecule has 0 unspecified atom stereocenters. The van der Waals surface area contributed by atoms with Crippen LogP contribution in [-0.4, -0.2) is 38.0 Å². The monoisotopic (exact) mass is 338 g/mol. The number of rotatable bonds is 8. The summed E-state index contributed by atoms with van der Waals surface area (Å²) in [5.74, 6) is 0.841. The maximum absolute atomic E-state index is 11.5. The van der Waals surface area contributed by atoms with Gasteiger partial charge in [0.15, 0.2) is 5.96 Å². The van der Waals surface area contributed by atoms with E-state index in [1.807, 2.05) is 45.0 Å². The molecule has 0 aliphatic heterocycles. The smallest absolute Gasteiger partial charge is 0.222 e. The lowest BCUT2D eigenvalue weighted by Gasteiger charge is -2.12. The fourth-order valence-corrected chi connectivity index (χ4v) is 1.99. The van der Waals surface area contributed by atoms with Crippen molar-refractivity contribution in [3.63, 3.8) is 0 Å². The van der Waals surface area contributed by atoms with Crippen molar-refractivity contribution < 1.29 is 4.79 Å².